The lowest BCUT2D eigenvalue weighted by molar-refractivity contribution is -0.168. The molecule has 1 aromatic rings. The molecule has 1 spiro atoms. The molecule has 2 fully saturated rings. The van der Waals surface area contributed by atoms with Crippen LogP contribution in [0.25, 0.3) is 0 Å². The molecule has 2 N–H and O–H groups in total. The molecule has 2 unspecified atom stereocenters. The fraction of sp³-hybridized carbons (Fsp3) is 0.824. The molecule has 2 aliphatic carbocycles. The number of nitrogens with zero attached hydrogens (tertiary/aromatic N) is 4. The molecule has 1 heterocycles. The van der Waals surface area contributed by atoms with Crippen molar-refractivity contribution in [3.63, 3.8) is 0 Å². The summed E-state index contributed by atoms with van der Waals surface area (Å²) in [6, 6.07) is 0.506. The first-order chi connectivity index (χ1) is 11.8. The van der Waals surface area contributed by atoms with Gasteiger partial charge in [-0.3, -0.25) is 4.99 Å². The molecule has 2 atom stereocenters. The van der Waals surface area contributed by atoms with Gasteiger partial charge < -0.3 is 19.9 Å². The second kappa shape index (κ2) is 9.70. The van der Waals surface area contributed by atoms with E-state index in [9.17, 15) is 0 Å². The average molecular weight is 462 g/mol. The van der Waals surface area contributed by atoms with Gasteiger partial charge in [0.1, 0.15) is 12.7 Å². The number of unbranched alkanes of at least 4 members (excludes halogenated alkanes) is 1. The van der Waals surface area contributed by atoms with Crippen LogP contribution in [-0.4, -0.2) is 53.1 Å². The van der Waals surface area contributed by atoms with Gasteiger partial charge in [0.25, 0.3) is 0 Å². The topological polar surface area (TPSA) is 76.4 Å². The van der Waals surface area contributed by atoms with Crippen LogP contribution in [0.4, 0.5) is 0 Å². The van der Waals surface area contributed by atoms with Crippen molar-refractivity contribution in [2.45, 2.75) is 64.1 Å². The van der Waals surface area contributed by atoms with E-state index in [4.69, 9.17) is 4.74 Å². The number of rotatable bonds is 8. The van der Waals surface area contributed by atoms with Crippen LogP contribution in [0, 0.1) is 5.41 Å². The number of ether oxygens (including phenoxy) is 1. The van der Waals surface area contributed by atoms with Gasteiger partial charge in [0, 0.05) is 38.2 Å². The van der Waals surface area contributed by atoms with Crippen molar-refractivity contribution in [2.75, 3.05) is 20.2 Å². The monoisotopic (exact) mass is 462 g/mol. The molecular weight excluding hydrogens is 431 g/mol. The molecule has 3 rings (SSSR count). The Hall–Kier alpha value is -0.900. The summed E-state index contributed by atoms with van der Waals surface area (Å²) in [5, 5.41) is 14.7. The fourth-order valence-corrected chi connectivity index (χ4v) is 3.96. The Kier molecular flexibility index (Phi) is 7.92. The predicted molar refractivity (Wildman–Crippen MR) is 109 cm³/mol. The predicted octanol–water partition coefficient (Wildman–Crippen LogP) is 2.19. The molecule has 2 saturated carbocycles. The van der Waals surface area contributed by atoms with E-state index < -0.39 is 0 Å². The van der Waals surface area contributed by atoms with E-state index in [-0.39, 0.29) is 24.0 Å². The van der Waals surface area contributed by atoms with E-state index in [1.807, 2.05) is 11.6 Å². The zero-order valence-corrected chi connectivity index (χ0v) is 17.6. The third-order valence-electron chi connectivity index (χ3n) is 5.57. The summed E-state index contributed by atoms with van der Waals surface area (Å²) in [6.45, 7) is 4.80. The van der Waals surface area contributed by atoms with Crippen LogP contribution in [0.3, 0.4) is 0 Å². The summed E-state index contributed by atoms with van der Waals surface area (Å²) in [4.78, 5) is 4.38. The Bertz CT molecular complexity index is 531. The molecular formula is C17H31IN6O. The minimum Gasteiger partial charge on any atom is -0.378 e. The summed E-state index contributed by atoms with van der Waals surface area (Å²) in [7, 11) is 1.85. The Morgan fingerprint density at radius 2 is 2.08 bits per heavy atom. The van der Waals surface area contributed by atoms with Gasteiger partial charge in [0.15, 0.2) is 5.96 Å². The summed E-state index contributed by atoms with van der Waals surface area (Å²) in [6.07, 6.45) is 11.2. The van der Waals surface area contributed by atoms with Crippen LogP contribution < -0.4 is 10.6 Å². The lowest BCUT2D eigenvalue weighted by Gasteiger charge is -2.61. The molecule has 1 aromatic heterocycles. The van der Waals surface area contributed by atoms with Crippen LogP contribution in [0.2, 0.25) is 0 Å². The fourth-order valence-electron chi connectivity index (χ4n) is 3.96. The van der Waals surface area contributed by atoms with Crippen molar-refractivity contribution < 1.29 is 4.74 Å². The first-order valence-corrected chi connectivity index (χ1v) is 9.19. The molecule has 0 aromatic carbocycles. The lowest BCUT2D eigenvalue weighted by Crippen LogP contribution is -2.68. The standard InChI is InChI=1S/C17H30N6O.HI/c1-3-24-15-11-14(17(15)7-6-8-17)22-16(18-2)19-9-4-5-10-23-12-20-21-13-23;/h12-15H,3-11H2,1-2H3,(H2,18,19,22);1H. The third-order valence-corrected chi connectivity index (χ3v) is 5.57. The van der Waals surface area contributed by atoms with Crippen molar-refractivity contribution in [3.05, 3.63) is 12.7 Å². The first-order valence-electron chi connectivity index (χ1n) is 9.19. The highest BCUT2D eigenvalue weighted by Crippen LogP contribution is 2.57. The average Bonchev–Trinajstić information content (AvgIpc) is 3.03. The van der Waals surface area contributed by atoms with Crippen molar-refractivity contribution in [2.24, 2.45) is 10.4 Å². The van der Waals surface area contributed by atoms with Crippen LogP contribution >= 0.6 is 24.0 Å². The summed E-state index contributed by atoms with van der Waals surface area (Å²) in [5.74, 6) is 0.922. The van der Waals surface area contributed by atoms with Crippen LogP contribution in [0.15, 0.2) is 17.6 Å². The Labute approximate surface area is 167 Å². The highest BCUT2D eigenvalue weighted by atomic mass is 127. The van der Waals surface area contributed by atoms with Gasteiger partial charge in [-0.05, 0) is 39.0 Å². The number of halogens is 1. The lowest BCUT2D eigenvalue weighted by atomic mass is 9.51. The van der Waals surface area contributed by atoms with E-state index in [1.54, 1.807) is 12.7 Å². The Balaban J connectivity index is 0.00000225. The van der Waals surface area contributed by atoms with E-state index in [0.717, 1.165) is 44.9 Å². The quantitative estimate of drug-likeness (QED) is 0.268. The number of aryl methyl sites for hydroxylation is 1. The van der Waals surface area contributed by atoms with Gasteiger partial charge >= 0.3 is 0 Å². The van der Waals surface area contributed by atoms with E-state index in [1.165, 1.54) is 19.3 Å². The van der Waals surface area contributed by atoms with Gasteiger partial charge in [-0.25, -0.2) is 0 Å². The second-order valence-electron chi connectivity index (χ2n) is 6.87. The van der Waals surface area contributed by atoms with Gasteiger partial charge in [-0.2, -0.15) is 0 Å². The Morgan fingerprint density at radius 1 is 1.32 bits per heavy atom. The molecule has 142 valence electrons. The maximum Gasteiger partial charge on any atom is 0.191 e. The molecule has 25 heavy (non-hydrogen) atoms. The van der Waals surface area contributed by atoms with Crippen molar-refractivity contribution >= 4 is 29.9 Å². The second-order valence-corrected chi connectivity index (χ2v) is 6.87. The molecule has 0 radical (unpaired) electrons. The maximum absolute atomic E-state index is 5.92. The normalized spacial score (nSPS) is 24.2. The van der Waals surface area contributed by atoms with E-state index >= 15 is 0 Å². The number of nitrogens with one attached hydrogen (secondary N) is 2. The zero-order chi connectivity index (χ0) is 16.8. The van der Waals surface area contributed by atoms with Crippen LogP contribution in [0.1, 0.15) is 45.4 Å². The largest absolute Gasteiger partial charge is 0.378 e. The SMILES string of the molecule is CCOC1CC(NC(=NC)NCCCCn2cnnc2)C12CCC2.I. The molecule has 0 saturated heterocycles. The number of aromatic nitrogens is 3. The van der Waals surface area contributed by atoms with E-state index in [2.05, 4.69) is 32.7 Å². The van der Waals surface area contributed by atoms with Gasteiger partial charge in [-0.15, -0.1) is 34.2 Å². The number of hydrogen-bond acceptors (Lipinski definition) is 4. The molecule has 2 aliphatic rings. The molecule has 0 amide bonds. The molecule has 0 aliphatic heterocycles. The van der Waals surface area contributed by atoms with Crippen molar-refractivity contribution in [1.29, 1.82) is 0 Å². The molecule has 0 bridgehead atoms. The smallest absolute Gasteiger partial charge is 0.191 e. The summed E-state index contributed by atoms with van der Waals surface area (Å²) < 4.78 is 7.93. The molecule has 8 heteroatoms. The van der Waals surface area contributed by atoms with Crippen molar-refractivity contribution in [3.8, 4) is 0 Å². The van der Waals surface area contributed by atoms with E-state index in [0.29, 0.717) is 17.6 Å². The highest BCUT2D eigenvalue weighted by Gasteiger charge is 2.59. The van der Waals surface area contributed by atoms with Gasteiger partial charge in [0.05, 0.1) is 6.10 Å². The molecule has 7 nitrogen and oxygen atoms in total. The number of guanidine groups is 1. The zero-order valence-electron chi connectivity index (χ0n) is 15.3. The maximum atomic E-state index is 5.92. The van der Waals surface area contributed by atoms with Crippen LogP contribution in [0.5, 0.6) is 0 Å². The minimum atomic E-state index is 0. The number of hydrogen-bond donors (Lipinski definition) is 2. The van der Waals surface area contributed by atoms with Crippen LogP contribution in [-0.2, 0) is 11.3 Å². The van der Waals surface area contributed by atoms with Gasteiger partial charge in [-0.1, -0.05) is 6.42 Å². The summed E-state index contributed by atoms with van der Waals surface area (Å²) in [5.41, 5.74) is 0.363. The first kappa shape index (κ1) is 20.4. The van der Waals surface area contributed by atoms with Crippen molar-refractivity contribution in [1.82, 2.24) is 25.4 Å². The minimum absolute atomic E-state index is 0. The number of aliphatic imine (C=N–C) groups is 1. The third kappa shape index (κ3) is 4.64. The summed E-state index contributed by atoms with van der Waals surface area (Å²) >= 11 is 0. The van der Waals surface area contributed by atoms with Gasteiger partial charge in [0.2, 0.25) is 0 Å². The Morgan fingerprint density at radius 3 is 2.68 bits per heavy atom. The highest BCUT2D eigenvalue weighted by molar-refractivity contribution is 14.0.